The van der Waals surface area contributed by atoms with Crippen molar-refractivity contribution in [2.75, 3.05) is 18.6 Å². The van der Waals surface area contributed by atoms with Gasteiger partial charge in [-0.2, -0.15) is 0 Å². The first-order chi connectivity index (χ1) is 7.85. The monoisotopic (exact) mass is 265 g/mol. The summed E-state index contributed by atoms with van der Waals surface area (Å²) in [6, 6.07) is -1.10. The van der Waals surface area contributed by atoms with Crippen LogP contribution in [0.4, 0.5) is 4.79 Å². The van der Waals surface area contributed by atoms with E-state index in [0.29, 0.717) is 0 Å². The molecule has 1 fully saturated rings. The molecule has 0 aromatic heterocycles. The zero-order valence-corrected chi connectivity index (χ0v) is 10.2. The highest BCUT2D eigenvalue weighted by atomic mass is 32.2. The average Bonchev–Trinajstić information content (AvgIpc) is 2.26. The highest BCUT2D eigenvalue weighted by Gasteiger charge is 2.34. The van der Waals surface area contributed by atoms with Gasteiger partial charge in [0.15, 0.2) is 0 Å². The van der Waals surface area contributed by atoms with Gasteiger partial charge in [0.05, 0.1) is 18.6 Å². The Bertz CT molecular complexity index is 390. The van der Waals surface area contributed by atoms with Gasteiger partial charge in [-0.3, -0.25) is 0 Å². The van der Waals surface area contributed by atoms with Gasteiger partial charge in [-0.05, 0) is 18.8 Å². The smallest absolute Gasteiger partial charge is 0.407 e. The molecule has 8 heteroatoms. The molecule has 1 atom stereocenters. The van der Waals surface area contributed by atoms with Crippen molar-refractivity contribution in [2.45, 2.75) is 18.9 Å². The number of ether oxygens (including phenoxy) is 1. The molecule has 1 aliphatic rings. The van der Waals surface area contributed by atoms with Crippen LogP contribution >= 0.6 is 0 Å². The molecule has 1 amide bonds. The quantitative estimate of drug-likeness (QED) is 0.719. The number of carboxylic acid groups (broad SMARTS) is 1. The summed E-state index contributed by atoms with van der Waals surface area (Å²) in [6.07, 6.45) is -0.349. The lowest BCUT2D eigenvalue weighted by molar-refractivity contribution is -0.140. The van der Waals surface area contributed by atoms with Gasteiger partial charge in [0.2, 0.25) is 0 Å². The topological polar surface area (TPSA) is 110 Å². The molecular weight excluding hydrogens is 250 g/mol. The van der Waals surface area contributed by atoms with Crippen molar-refractivity contribution in [3.05, 3.63) is 0 Å². The minimum atomic E-state index is -3.05. The lowest BCUT2D eigenvalue weighted by Gasteiger charge is -2.27. The first kappa shape index (κ1) is 13.8. The molecule has 0 radical (unpaired) electrons. The minimum Gasteiger partial charge on any atom is -0.480 e. The number of rotatable bonds is 3. The molecule has 0 unspecified atom stereocenters. The number of carbonyl (C=O) groups excluding carboxylic acids is 1. The molecule has 1 saturated heterocycles. The lowest BCUT2D eigenvalue weighted by Crippen LogP contribution is -2.48. The highest BCUT2D eigenvalue weighted by Crippen LogP contribution is 2.22. The summed E-state index contributed by atoms with van der Waals surface area (Å²) in [4.78, 5) is 22.0. The maximum absolute atomic E-state index is 11.2. The Morgan fingerprint density at radius 1 is 1.35 bits per heavy atom. The van der Waals surface area contributed by atoms with E-state index in [0.717, 1.165) is 7.11 Å². The van der Waals surface area contributed by atoms with Gasteiger partial charge < -0.3 is 15.2 Å². The predicted octanol–water partition coefficient (Wildman–Crippen LogP) is -0.380. The van der Waals surface area contributed by atoms with Crippen LogP contribution in [-0.2, 0) is 19.4 Å². The minimum absolute atomic E-state index is 0.0374. The number of nitrogens with one attached hydrogen (secondary N) is 1. The summed E-state index contributed by atoms with van der Waals surface area (Å²) < 4.78 is 26.7. The number of sulfone groups is 1. The fourth-order valence-electron chi connectivity index (χ4n) is 1.81. The number of aliphatic carboxylic acids is 1. The largest absolute Gasteiger partial charge is 0.480 e. The third kappa shape index (κ3) is 3.88. The molecule has 1 aliphatic heterocycles. The molecule has 1 heterocycles. The summed E-state index contributed by atoms with van der Waals surface area (Å²) >= 11 is 0. The number of hydrogen-bond donors (Lipinski definition) is 2. The van der Waals surface area contributed by atoms with Gasteiger partial charge in [0.1, 0.15) is 15.9 Å². The van der Waals surface area contributed by atoms with Gasteiger partial charge in [-0.15, -0.1) is 0 Å². The Hall–Kier alpha value is -1.31. The molecule has 0 saturated carbocycles. The van der Waals surface area contributed by atoms with Gasteiger partial charge in [-0.1, -0.05) is 0 Å². The average molecular weight is 265 g/mol. The van der Waals surface area contributed by atoms with Gasteiger partial charge in [-0.25, -0.2) is 18.0 Å². The second kappa shape index (κ2) is 5.35. The summed E-state index contributed by atoms with van der Waals surface area (Å²) in [7, 11) is -1.91. The van der Waals surface area contributed by atoms with Crippen LogP contribution in [0.3, 0.4) is 0 Å². The maximum atomic E-state index is 11.2. The molecular formula is C9H15NO6S. The summed E-state index contributed by atoms with van der Waals surface area (Å²) in [5, 5.41) is 11.2. The number of hydrogen-bond acceptors (Lipinski definition) is 5. The van der Waals surface area contributed by atoms with Crippen LogP contribution in [0, 0.1) is 5.92 Å². The molecule has 0 bridgehead atoms. The van der Waals surface area contributed by atoms with E-state index in [1.807, 2.05) is 0 Å². The number of alkyl carbamates (subject to hydrolysis) is 1. The molecule has 17 heavy (non-hydrogen) atoms. The van der Waals surface area contributed by atoms with Crippen LogP contribution in [0.25, 0.3) is 0 Å². The Morgan fingerprint density at radius 3 is 2.29 bits per heavy atom. The van der Waals surface area contributed by atoms with Gasteiger partial charge >= 0.3 is 12.1 Å². The van der Waals surface area contributed by atoms with Crippen molar-refractivity contribution >= 4 is 21.9 Å². The van der Waals surface area contributed by atoms with E-state index in [1.54, 1.807) is 0 Å². The zero-order valence-electron chi connectivity index (χ0n) is 9.38. The Morgan fingerprint density at radius 2 is 1.88 bits per heavy atom. The zero-order chi connectivity index (χ0) is 13.1. The van der Waals surface area contributed by atoms with E-state index in [4.69, 9.17) is 5.11 Å². The van der Waals surface area contributed by atoms with E-state index < -0.39 is 27.9 Å². The standard InChI is InChI=1S/C9H15NO6S/c1-16-9(13)10-7(8(11)12)6-2-4-17(14,15)5-3-6/h6-7H,2-5H2,1H3,(H,10,13)(H,11,12)/t7-/m1/s1. The van der Waals surface area contributed by atoms with Crippen LogP contribution in [0.2, 0.25) is 0 Å². The Kier molecular flexibility index (Phi) is 4.33. The first-order valence-corrected chi connectivity index (χ1v) is 6.95. The number of carbonyl (C=O) groups is 2. The molecule has 1 rings (SSSR count). The fourth-order valence-corrected chi connectivity index (χ4v) is 3.34. The van der Waals surface area contributed by atoms with Crippen LogP contribution in [-0.4, -0.2) is 50.2 Å². The van der Waals surface area contributed by atoms with Crippen LogP contribution in [0.5, 0.6) is 0 Å². The first-order valence-electron chi connectivity index (χ1n) is 5.13. The fraction of sp³-hybridized carbons (Fsp3) is 0.778. The van der Waals surface area contributed by atoms with E-state index in [9.17, 15) is 18.0 Å². The second-order valence-corrected chi connectivity index (χ2v) is 6.24. The molecule has 98 valence electrons. The third-order valence-corrected chi connectivity index (χ3v) is 4.51. The molecule has 7 nitrogen and oxygen atoms in total. The normalized spacial score (nSPS) is 21.5. The van der Waals surface area contributed by atoms with E-state index >= 15 is 0 Å². The summed E-state index contributed by atoms with van der Waals surface area (Å²) in [5.74, 6) is -1.64. The van der Waals surface area contributed by atoms with Gasteiger partial charge in [0.25, 0.3) is 0 Å². The van der Waals surface area contributed by atoms with E-state index in [1.165, 1.54) is 0 Å². The van der Waals surface area contributed by atoms with E-state index in [-0.39, 0.29) is 30.3 Å². The van der Waals surface area contributed by atoms with Crippen LogP contribution in [0.1, 0.15) is 12.8 Å². The van der Waals surface area contributed by atoms with Crippen molar-refractivity contribution in [3.63, 3.8) is 0 Å². The maximum Gasteiger partial charge on any atom is 0.407 e. The Labute approximate surface area is 99.1 Å². The van der Waals surface area contributed by atoms with Crippen LogP contribution in [0.15, 0.2) is 0 Å². The van der Waals surface area contributed by atoms with Crippen molar-refractivity contribution in [1.29, 1.82) is 0 Å². The predicted molar refractivity (Wildman–Crippen MR) is 58.3 cm³/mol. The van der Waals surface area contributed by atoms with Crippen LogP contribution < -0.4 is 5.32 Å². The summed E-state index contributed by atoms with van der Waals surface area (Å²) in [6.45, 7) is 0. The van der Waals surface area contributed by atoms with E-state index in [2.05, 4.69) is 10.1 Å². The number of carboxylic acids is 1. The molecule has 0 spiro atoms. The molecule has 0 aromatic carbocycles. The number of amides is 1. The van der Waals surface area contributed by atoms with Crippen molar-refractivity contribution < 1.29 is 27.9 Å². The Balaban J connectivity index is 2.67. The second-order valence-electron chi connectivity index (χ2n) is 3.94. The SMILES string of the molecule is COC(=O)N[C@@H](C(=O)O)C1CCS(=O)(=O)CC1. The van der Waals surface area contributed by atoms with Gasteiger partial charge in [0, 0.05) is 0 Å². The highest BCUT2D eigenvalue weighted by molar-refractivity contribution is 7.91. The van der Waals surface area contributed by atoms with Crippen molar-refractivity contribution in [1.82, 2.24) is 5.32 Å². The third-order valence-electron chi connectivity index (χ3n) is 2.80. The van der Waals surface area contributed by atoms with Crippen molar-refractivity contribution in [2.24, 2.45) is 5.92 Å². The van der Waals surface area contributed by atoms with Crippen molar-refractivity contribution in [3.8, 4) is 0 Å². The number of methoxy groups -OCH3 is 1. The molecule has 2 N–H and O–H groups in total. The lowest BCUT2D eigenvalue weighted by atomic mass is 9.94. The molecule has 0 aromatic rings. The summed E-state index contributed by atoms with van der Waals surface area (Å²) in [5.41, 5.74) is 0. The molecule has 0 aliphatic carbocycles.